The van der Waals surface area contributed by atoms with E-state index in [4.69, 9.17) is 0 Å². The Bertz CT molecular complexity index is 764. The van der Waals surface area contributed by atoms with E-state index in [1.165, 1.54) is 11.3 Å². The minimum atomic E-state index is -1.20. The van der Waals surface area contributed by atoms with Gasteiger partial charge in [0.2, 0.25) is 5.91 Å². The van der Waals surface area contributed by atoms with Crippen LogP contribution in [0.1, 0.15) is 32.5 Å². The highest BCUT2D eigenvalue weighted by Crippen LogP contribution is 2.25. The molecule has 0 fully saturated rings. The van der Waals surface area contributed by atoms with Crippen LogP contribution in [-0.4, -0.2) is 40.8 Å². The van der Waals surface area contributed by atoms with Gasteiger partial charge in [0.05, 0.1) is 17.7 Å². The number of thiophene rings is 1. The molecule has 6 nitrogen and oxygen atoms in total. The van der Waals surface area contributed by atoms with E-state index >= 15 is 0 Å². The number of carbonyl (C=O) groups is 3. The van der Waals surface area contributed by atoms with E-state index in [0.717, 1.165) is 9.78 Å². The molecule has 1 aliphatic heterocycles. The molecule has 3 rings (SSSR count). The molecule has 124 valence electrons. The van der Waals surface area contributed by atoms with Crippen LogP contribution in [0.2, 0.25) is 0 Å². The Morgan fingerprint density at radius 1 is 1.17 bits per heavy atom. The Morgan fingerprint density at radius 3 is 2.33 bits per heavy atom. The zero-order valence-corrected chi connectivity index (χ0v) is 13.8. The van der Waals surface area contributed by atoms with E-state index in [-0.39, 0.29) is 13.1 Å². The summed E-state index contributed by atoms with van der Waals surface area (Å²) >= 11 is 1.39. The van der Waals surface area contributed by atoms with Crippen molar-refractivity contribution in [3.05, 3.63) is 57.8 Å². The molecule has 1 aliphatic rings. The normalized spacial score (nSPS) is 16.0. The number of fused-ring (bicyclic) bond motifs is 1. The number of hydrogen-bond acceptors (Lipinski definition) is 5. The predicted molar refractivity (Wildman–Crippen MR) is 88.7 cm³/mol. The van der Waals surface area contributed by atoms with Crippen LogP contribution in [0.4, 0.5) is 0 Å². The van der Waals surface area contributed by atoms with Gasteiger partial charge in [0.1, 0.15) is 12.1 Å². The number of nitrogens with zero attached hydrogens (tertiary/aromatic N) is 1. The standard InChI is InChI=1S/C17H16N2O4S/c1-17(23,13-7-4-8-24-13)10-18-14(20)9-19-15(21)11-5-2-3-6-12(11)16(19)22/h2-8,23H,9-10H2,1H3,(H,18,20). The highest BCUT2D eigenvalue weighted by Gasteiger charge is 2.36. The van der Waals surface area contributed by atoms with Crippen LogP contribution >= 0.6 is 11.3 Å². The van der Waals surface area contributed by atoms with Crippen molar-refractivity contribution in [2.45, 2.75) is 12.5 Å². The number of benzene rings is 1. The fraction of sp³-hybridized carbons (Fsp3) is 0.235. The second-order valence-corrected chi connectivity index (χ2v) is 6.72. The number of rotatable bonds is 5. The summed E-state index contributed by atoms with van der Waals surface area (Å²) in [5.74, 6) is -1.45. The van der Waals surface area contributed by atoms with Crippen LogP contribution in [0, 0.1) is 0 Å². The largest absolute Gasteiger partial charge is 0.383 e. The molecule has 1 aromatic heterocycles. The minimum Gasteiger partial charge on any atom is -0.383 e. The Labute approximate surface area is 142 Å². The van der Waals surface area contributed by atoms with Gasteiger partial charge >= 0.3 is 0 Å². The summed E-state index contributed by atoms with van der Waals surface area (Å²) in [6.45, 7) is 1.23. The molecule has 3 amide bonds. The molecule has 2 aromatic rings. The molecule has 1 atom stereocenters. The van der Waals surface area contributed by atoms with Crippen LogP contribution in [-0.2, 0) is 10.4 Å². The van der Waals surface area contributed by atoms with Crippen molar-refractivity contribution in [3.8, 4) is 0 Å². The summed E-state index contributed by atoms with van der Waals surface area (Å²) in [6.07, 6.45) is 0. The second-order valence-electron chi connectivity index (χ2n) is 5.77. The Kier molecular flexibility index (Phi) is 4.21. The smallest absolute Gasteiger partial charge is 0.262 e. The van der Waals surface area contributed by atoms with Gasteiger partial charge in [-0.1, -0.05) is 18.2 Å². The summed E-state index contributed by atoms with van der Waals surface area (Å²) < 4.78 is 0. The molecule has 2 N–H and O–H groups in total. The highest BCUT2D eigenvalue weighted by atomic mass is 32.1. The van der Waals surface area contributed by atoms with Crippen LogP contribution in [0.3, 0.4) is 0 Å². The highest BCUT2D eigenvalue weighted by molar-refractivity contribution is 7.10. The van der Waals surface area contributed by atoms with Crippen LogP contribution in [0.5, 0.6) is 0 Å². The summed E-state index contributed by atoms with van der Waals surface area (Å²) in [7, 11) is 0. The number of imide groups is 1. The Balaban J connectivity index is 1.62. The molecule has 0 bridgehead atoms. The minimum absolute atomic E-state index is 0.00445. The molecule has 1 unspecified atom stereocenters. The summed E-state index contributed by atoms with van der Waals surface area (Å²) in [5, 5.41) is 14.8. The third kappa shape index (κ3) is 2.95. The topological polar surface area (TPSA) is 86.7 Å². The van der Waals surface area contributed by atoms with Gasteiger partial charge in [0.15, 0.2) is 0 Å². The quantitative estimate of drug-likeness (QED) is 0.802. The molecule has 0 aliphatic carbocycles. The molecular weight excluding hydrogens is 328 g/mol. The van der Waals surface area contributed by atoms with E-state index in [0.29, 0.717) is 11.1 Å². The first-order valence-electron chi connectivity index (χ1n) is 7.38. The van der Waals surface area contributed by atoms with Crippen LogP contribution < -0.4 is 5.32 Å². The number of carbonyl (C=O) groups excluding carboxylic acids is 3. The van der Waals surface area contributed by atoms with Crippen molar-refractivity contribution >= 4 is 29.1 Å². The fourth-order valence-electron chi connectivity index (χ4n) is 2.53. The number of hydrogen-bond donors (Lipinski definition) is 2. The second kappa shape index (κ2) is 6.18. The number of nitrogens with one attached hydrogen (secondary N) is 1. The third-order valence-corrected chi connectivity index (χ3v) is 4.98. The van der Waals surface area contributed by atoms with Gasteiger partial charge in [0.25, 0.3) is 11.8 Å². The Morgan fingerprint density at radius 2 is 1.79 bits per heavy atom. The van der Waals surface area contributed by atoms with Crippen molar-refractivity contribution in [2.75, 3.05) is 13.1 Å². The lowest BCUT2D eigenvalue weighted by molar-refractivity contribution is -0.122. The van der Waals surface area contributed by atoms with Crippen molar-refractivity contribution in [1.82, 2.24) is 10.2 Å². The molecule has 0 radical (unpaired) electrons. The van der Waals surface area contributed by atoms with E-state index in [1.54, 1.807) is 37.3 Å². The fourth-order valence-corrected chi connectivity index (χ4v) is 3.31. The van der Waals surface area contributed by atoms with Crippen LogP contribution in [0.15, 0.2) is 41.8 Å². The summed E-state index contributed by atoms with van der Waals surface area (Å²) in [5.41, 5.74) is -0.590. The van der Waals surface area contributed by atoms with Crippen molar-refractivity contribution in [2.24, 2.45) is 0 Å². The molecule has 2 heterocycles. The molecule has 0 saturated heterocycles. The van der Waals surface area contributed by atoms with E-state index in [1.807, 2.05) is 11.4 Å². The van der Waals surface area contributed by atoms with Gasteiger partial charge in [-0.15, -0.1) is 11.3 Å². The van der Waals surface area contributed by atoms with Gasteiger partial charge in [-0.25, -0.2) is 0 Å². The lowest BCUT2D eigenvalue weighted by Gasteiger charge is -2.23. The molecular formula is C17H16N2O4S. The van der Waals surface area contributed by atoms with Gasteiger partial charge in [-0.2, -0.15) is 0 Å². The van der Waals surface area contributed by atoms with Gasteiger partial charge in [0, 0.05) is 4.88 Å². The lowest BCUT2D eigenvalue weighted by Crippen LogP contribution is -2.44. The van der Waals surface area contributed by atoms with Gasteiger partial charge < -0.3 is 10.4 Å². The van der Waals surface area contributed by atoms with Crippen molar-refractivity contribution < 1.29 is 19.5 Å². The SMILES string of the molecule is CC(O)(CNC(=O)CN1C(=O)c2ccccc2C1=O)c1cccs1. The van der Waals surface area contributed by atoms with Gasteiger partial charge in [-0.3, -0.25) is 19.3 Å². The third-order valence-electron chi connectivity index (χ3n) is 3.86. The first kappa shape index (κ1) is 16.4. The van der Waals surface area contributed by atoms with E-state index in [2.05, 4.69) is 5.32 Å². The number of aliphatic hydroxyl groups is 1. The molecule has 0 saturated carbocycles. The van der Waals surface area contributed by atoms with E-state index in [9.17, 15) is 19.5 Å². The maximum atomic E-state index is 12.2. The predicted octanol–water partition coefficient (Wildman–Crippen LogP) is 1.37. The monoisotopic (exact) mass is 344 g/mol. The first-order valence-corrected chi connectivity index (χ1v) is 8.26. The maximum Gasteiger partial charge on any atom is 0.262 e. The summed E-state index contributed by atoms with van der Waals surface area (Å²) in [6, 6.07) is 10.1. The molecule has 7 heteroatoms. The molecule has 1 aromatic carbocycles. The zero-order chi connectivity index (χ0) is 17.3. The Hall–Kier alpha value is -2.51. The average molecular weight is 344 g/mol. The molecule has 24 heavy (non-hydrogen) atoms. The van der Waals surface area contributed by atoms with Crippen LogP contribution in [0.25, 0.3) is 0 Å². The van der Waals surface area contributed by atoms with Crippen molar-refractivity contribution in [1.29, 1.82) is 0 Å². The summed E-state index contributed by atoms with van der Waals surface area (Å²) in [4.78, 5) is 38.2. The zero-order valence-electron chi connectivity index (χ0n) is 13.0. The first-order chi connectivity index (χ1) is 11.4. The maximum absolute atomic E-state index is 12.2. The van der Waals surface area contributed by atoms with Gasteiger partial charge in [-0.05, 0) is 30.5 Å². The lowest BCUT2D eigenvalue weighted by atomic mass is 10.1. The van der Waals surface area contributed by atoms with E-state index < -0.39 is 23.3 Å². The average Bonchev–Trinajstić information content (AvgIpc) is 3.18. The van der Waals surface area contributed by atoms with Crippen molar-refractivity contribution in [3.63, 3.8) is 0 Å². The number of amides is 3. The molecule has 0 spiro atoms.